The zero-order valence-electron chi connectivity index (χ0n) is 22.9. The van der Waals surface area contributed by atoms with Crippen molar-refractivity contribution < 1.29 is 55.7 Å². The molecule has 0 bridgehead atoms. The van der Waals surface area contributed by atoms with Crippen LogP contribution < -0.4 is 55.7 Å². The second-order valence-corrected chi connectivity index (χ2v) is 34.0. The minimum absolute atomic E-state index is 0.242. The summed E-state index contributed by atoms with van der Waals surface area (Å²) in [4.78, 5) is 0. The average Bonchev–Trinajstić information content (AvgIpc) is 2.94. The first-order valence-electron chi connectivity index (χ1n) is 14.2. The Morgan fingerprint density at radius 3 is 2.33 bits per heavy atom. The molecular formula is C30H39I10+3. The summed E-state index contributed by atoms with van der Waals surface area (Å²) >= 11 is 20.1. The van der Waals surface area contributed by atoms with Gasteiger partial charge in [0.1, 0.15) is 0 Å². The first-order chi connectivity index (χ1) is 19.1. The minimum Gasteiger partial charge on any atom is -0.0852 e. The fraction of sp³-hybridized carbons (Fsp3) is 0.733. The summed E-state index contributed by atoms with van der Waals surface area (Å²) in [5, 5.41) is 0. The predicted molar refractivity (Wildman–Crippen MR) is 223 cm³/mol. The van der Waals surface area contributed by atoms with Crippen LogP contribution in [-0.4, -0.2) is 36.3 Å². The molecule has 0 N–H and O–H groups in total. The van der Waals surface area contributed by atoms with Gasteiger partial charge in [-0.05, 0) is 110 Å². The van der Waals surface area contributed by atoms with Gasteiger partial charge in [0.15, 0.2) is 8.35 Å². The molecule has 0 heterocycles. The van der Waals surface area contributed by atoms with Crippen molar-refractivity contribution in [2.24, 2.45) is 17.8 Å². The highest BCUT2D eigenvalue weighted by atomic mass is 128. The molecule has 3 aliphatic carbocycles. The van der Waals surface area contributed by atoms with Gasteiger partial charge >= 0.3 is 34.5 Å². The normalized spacial score (nSPS) is 35.8. The molecule has 10 heteroatoms. The standard InChI is InChI=1S/C30H39I10/c1-3-17-8-16(2)23(33)13-28(17)40-39-27-7-5-18(10-24(27)34)19-4-6-22(32)29(12-19)38-15-21-9-20(26(36)14-31)11-25(35)30(21)37/h8-9,13,18-20,22,24-27,29-30H,3-7,10-12,14-15H2,1-2H3/q+3. The van der Waals surface area contributed by atoms with Gasteiger partial charge in [0, 0.05) is 31.4 Å². The molecule has 0 amide bonds. The van der Waals surface area contributed by atoms with Crippen LogP contribution in [0.5, 0.6) is 0 Å². The van der Waals surface area contributed by atoms with Gasteiger partial charge in [-0.2, -0.15) is 0 Å². The summed E-state index contributed by atoms with van der Waals surface area (Å²) in [5.41, 5.74) is 4.98. The van der Waals surface area contributed by atoms with Gasteiger partial charge in [0.2, 0.25) is 7.49 Å². The van der Waals surface area contributed by atoms with Gasteiger partial charge < -0.3 is 0 Å². The van der Waals surface area contributed by atoms with Gasteiger partial charge in [-0.25, -0.2) is 0 Å². The Morgan fingerprint density at radius 2 is 1.62 bits per heavy atom. The molecule has 0 radical (unpaired) electrons. The maximum absolute atomic E-state index is 2.91. The fourth-order valence-electron chi connectivity index (χ4n) is 6.20. The minimum atomic E-state index is 0.242. The highest BCUT2D eigenvalue weighted by Crippen LogP contribution is 2.41. The first kappa shape index (κ1) is 39.1. The Morgan fingerprint density at radius 1 is 0.900 bits per heavy atom. The van der Waals surface area contributed by atoms with E-state index in [1.165, 1.54) is 50.1 Å². The maximum Gasteiger partial charge on any atom is 0.617 e. The number of hydrogen-bond acceptors (Lipinski definition) is 0. The number of alkyl halides is 9. The molecule has 10 unspecified atom stereocenters. The number of hydrogen-bond donors (Lipinski definition) is 0. The number of allylic oxidation sites excluding steroid dienone is 2. The molecule has 1 aromatic carbocycles. The van der Waals surface area contributed by atoms with Gasteiger partial charge in [0.25, 0.3) is 21.2 Å². The van der Waals surface area contributed by atoms with E-state index in [4.69, 9.17) is 0 Å². The summed E-state index contributed by atoms with van der Waals surface area (Å²) in [7, 11) is 0. The van der Waals surface area contributed by atoms with Crippen LogP contribution in [0.25, 0.3) is 0 Å². The molecule has 0 saturated heterocycles. The Hall–Kier alpha value is 6.26. The van der Waals surface area contributed by atoms with Crippen molar-refractivity contribution in [3.8, 4) is 0 Å². The highest BCUT2D eigenvalue weighted by molar-refractivity contribution is 14.1. The van der Waals surface area contributed by atoms with E-state index in [0.29, 0.717) is 17.2 Å². The van der Waals surface area contributed by atoms with E-state index in [0.717, 1.165) is 45.2 Å². The summed E-state index contributed by atoms with van der Waals surface area (Å²) in [6, 6.07) is 5.06. The molecule has 0 aromatic heterocycles. The molecule has 226 valence electrons. The van der Waals surface area contributed by atoms with Crippen molar-refractivity contribution in [3.63, 3.8) is 0 Å². The largest absolute Gasteiger partial charge is 0.617 e. The van der Waals surface area contributed by atoms with E-state index in [1.54, 1.807) is 28.4 Å². The van der Waals surface area contributed by atoms with Crippen molar-refractivity contribution in [1.29, 1.82) is 0 Å². The predicted octanol–water partition coefficient (Wildman–Crippen LogP) is 2.25. The third-order valence-corrected chi connectivity index (χ3v) is 39.9. The molecule has 4 rings (SSSR count). The second kappa shape index (κ2) is 19.6. The summed E-state index contributed by atoms with van der Waals surface area (Å²) in [5.74, 6) is 2.87. The Kier molecular flexibility index (Phi) is 19.1. The van der Waals surface area contributed by atoms with E-state index in [1.807, 2.05) is 5.57 Å². The lowest BCUT2D eigenvalue weighted by atomic mass is 9.73. The number of aryl methyl sites for hydroxylation is 2. The fourth-order valence-corrected chi connectivity index (χ4v) is 35.1. The lowest BCUT2D eigenvalue weighted by Gasteiger charge is -2.37. The van der Waals surface area contributed by atoms with E-state index < -0.39 is 0 Å². The van der Waals surface area contributed by atoms with Gasteiger partial charge in [0.05, 0.1) is 7.85 Å². The van der Waals surface area contributed by atoms with E-state index in [-0.39, 0.29) is 38.4 Å². The monoisotopic (exact) mass is 1670 g/mol. The van der Waals surface area contributed by atoms with Crippen LogP contribution in [-0.2, 0) is 6.42 Å². The van der Waals surface area contributed by atoms with Crippen LogP contribution in [0.15, 0.2) is 23.8 Å². The Labute approximate surface area is 367 Å². The number of benzene rings is 1. The average molecular weight is 1670 g/mol. The molecule has 0 aliphatic heterocycles. The van der Waals surface area contributed by atoms with Crippen LogP contribution in [0.3, 0.4) is 0 Å². The Balaban J connectivity index is 1.30. The lowest BCUT2D eigenvalue weighted by Crippen LogP contribution is -4.26. The van der Waals surface area contributed by atoms with Gasteiger partial charge in [-0.15, -0.1) is 0 Å². The third-order valence-electron chi connectivity index (χ3n) is 8.71. The zero-order valence-corrected chi connectivity index (χ0v) is 44.4. The van der Waals surface area contributed by atoms with E-state index >= 15 is 0 Å². The van der Waals surface area contributed by atoms with Gasteiger partial charge in [-0.1, -0.05) is 155 Å². The smallest absolute Gasteiger partial charge is 0.0852 e. The van der Waals surface area contributed by atoms with Crippen molar-refractivity contribution in [2.75, 3.05) is 8.86 Å². The molecule has 1 aromatic rings. The van der Waals surface area contributed by atoms with Crippen LogP contribution in [0, 0.1) is 31.8 Å². The maximum atomic E-state index is 2.91. The molecule has 0 spiro atoms. The van der Waals surface area contributed by atoms with Crippen molar-refractivity contribution in [3.05, 3.63) is 42.0 Å². The first-order valence-corrected chi connectivity index (χ1v) is 34.4. The summed E-state index contributed by atoms with van der Waals surface area (Å²) in [6.45, 7) is 4.64. The lowest BCUT2D eigenvalue weighted by molar-refractivity contribution is -1.27. The van der Waals surface area contributed by atoms with Crippen LogP contribution in [0.2, 0.25) is 0 Å². The zero-order chi connectivity index (χ0) is 29.0. The van der Waals surface area contributed by atoms with E-state index in [9.17, 15) is 0 Å². The molecule has 40 heavy (non-hydrogen) atoms. The molecule has 2 saturated carbocycles. The molecular weight excluding hydrogens is 1630 g/mol. The summed E-state index contributed by atoms with van der Waals surface area (Å²) < 4.78 is 12.5. The SMILES string of the molecule is CCc1cc(C)c(I)cc1[I+][I+]C1CCC(C2CCC(I)C([I+]CC3=CC(C(I)CI)CC(I)C3I)C2)CC1I. The molecule has 0 nitrogen and oxygen atoms in total. The highest BCUT2D eigenvalue weighted by Gasteiger charge is 2.50. The van der Waals surface area contributed by atoms with E-state index in [2.05, 4.69) is 190 Å². The molecule has 10 atom stereocenters. The van der Waals surface area contributed by atoms with Crippen LogP contribution in [0.4, 0.5) is 0 Å². The van der Waals surface area contributed by atoms with Crippen LogP contribution >= 0.6 is 158 Å². The Bertz CT molecular complexity index is 999. The second-order valence-electron chi connectivity index (χ2n) is 11.4. The molecule has 3 aliphatic rings. The third kappa shape index (κ3) is 11.1. The molecule has 2 fully saturated rings. The topological polar surface area (TPSA) is 0 Å². The van der Waals surface area contributed by atoms with Crippen molar-refractivity contribution in [2.45, 2.75) is 92.7 Å². The van der Waals surface area contributed by atoms with Crippen LogP contribution in [0.1, 0.15) is 63.0 Å². The van der Waals surface area contributed by atoms with Crippen molar-refractivity contribution >= 4 is 158 Å². The van der Waals surface area contributed by atoms with Gasteiger partial charge in [-0.3, -0.25) is 0 Å². The number of rotatable bonds is 10. The number of halogens is 10. The van der Waals surface area contributed by atoms with Crippen molar-refractivity contribution in [1.82, 2.24) is 0 Å². The summed E-state index contributed by atoms with van der Waals surface area (Å²) in [6.07, 6.45) is 14.6. The quantitative estimate of drug-likeness (QED) is 0.192.